The lowest BCUT2D eigenvalue weighted by atomic mass is 9.86. The van der Waals surface area contributed by atoms with Crippen LogP contribution in [0.3, 0.4) is 0 Å². The predicted octanol–water partition coefficient (Wildman–Crippen LogP) is 8.01. The van der Waals surface area contributed by atoms with Gasteiger partial charge in [0.15, 0.2) is 5.78 Å². The Kier molecular flexibility index (Phi) is 8.17. The van der Waals surface area contributed by atoms with Crippen LogP contribution in [0.4, 0.5) is 0 Å². The van der Waals surface area contributed by atoms with E-state index in [2.05, 4.69) is 31.9 Å². The number of hydrogen-bond donors (Lipinski definition) is 0. The number of halogens is 2. The number of allylic oxidation sites excluding steroid dienone is 2. The molecular weight excluding hydrogens is 520 g/mol. The van der Waals surface area contributed by atoms with Crippen LogP contribution in [0.2, 0.25) is 0 Å². The highest BCUT2D eigenvalue weighted by Gasteiger charge is 2.22. The van der Waals surface area contributed by atoms with Gasteiger partial charge in [-0.3, -0.25) is 4.79 Å². The molecule has 0 unspecified atom stereocenters. The molecule has 0 aromatic heterocycles. The van der Waals surface area contributed by atoms with E-state index < -0.39 is 0 Å². The van der Waals surface area contributed by atoms with E-state index in [1.54, 1.807) is 0 Å². The molecule has 0 amide bonds. The fourth-order valence-electron chi connectivity index (χ4n) is 3.54. The Labute approximate surface area is 201 Å². The highest BCUT2D eigenvalue weighted by molar-refractivity contribution is 9.10. The van der Waals surface area contributed by atoms with Crippen molar-refractivity contribution < 1.29 is 14.3 Å². The van der Waals surface area contributed by atoms with Crippen molar-refractivity contribution in [1.82, 2.24) is 0 Å². The maximum atomic E-state index is 13.3. The molecule has 0 aliphatic heterocycles. The first-order valence-electron chi connectivity index (χ1n) is 10.6. The van der Waals surface area contributed by atoms with Crippen molar-refractivity contribution in [1.29, 1.82) is 0 Å². The second-order valence-corrected chi connectivity index (χ2v) is 10.1. The van der Waals surface area contributed by atoms with Crippen LogP contribution >= 0.6 is 31.9 Å². The summed E-state index contributed by atoms with van der Waals surface area (Å²) in [5.41, 5.74) is 3.45. The number of Topliss-reactive ketones (excluding diaryl/α,β-unsaturated/α-hetero) is 1. The SMILES string of the molecule is CC(C)Oc1ccc(Br)cc1/C=C1/CCC/C(=C/c2cc(Br)ccc2OC(C)C)C1=O. The Morgan fingerprint density at radius 1 is 0.774 bits per heavy atom. The zero-order valence-electron chi connectivity index (χ0n) is 18.4. The second kappa shape index (κ2) is 10.6. The molecular formula is C26H28Br2O3. The van der Waals surface area contributed by atoms with E-state index in [1.165, 1.54) is 0 Å². The van der Waals surface area contributed by atoms with Gasteiger partial charge in [-0.1, -0.05) is 31.9 Å². The number of ketones is 1. The lowest BCUT2D eigenvalue weighted by Crippen LogP contribution is -2.13. The standard InChI is InChI=1S/C26H28Br2O3/c1-16(2)30-24-10-8-22(27)14-20(24)12-18-6-5-7-19(26(18)29)13-21-15-23(28)9-11-25(21)31-17(3)4/h8-17H,5-7H2,1-4H3/b18-12-,19-13-. The van der Waals surface area contributed by atoms with E-state index in [0.717, 1.165) is 62.0 Å². The van der Waals surface area contributed by atoms with Gasteiger partial charge < -0.3 is 9.47 Å². The average molecular weight is 548 g/mol. The molecule has 5 heteroatoms. The van der Waals surface area contributed by atoms with Gasteiger partial charge in [-0.15, -0.1) is 0 Å². The highest BCUT2D eigenvalue weighted by atomic mass is 79.9. The summed E-state index contributed by atoms with van der Waals surface area (Å²) in [6, 6.07) is 11.8. The highest BCUT2D eigenvalue weighted by Crippen LogP contribution is 2.34. The molecule has 0 saturated heterocycles. The minimum absolute atomic E-state index is 0.0618. The summed E-state index contributed by atoms with van der Waals surface area (Å²) in [7, 11) is 0. The number of benzene rings is 2. The average Bonchev–Trinajstić information content (AvgIpc) is 2.68. The molecule has 164 valence electrons. The zero-order chi connectivity index (χ0) is 22.5. The van der Waals surface area contributed by atoms with Gasteiger partial charge in [0.1, 0.15) is 11.5 Å². The van der Waals surface area contributed by atoms with Gasteiger partial charge >= 0.3 is 0 Å². The van der Waals surface area contributed by atoms with E-state index in [1.807, 2.05) is 76.2 Å². The first kappa shape index (κ1) is 23.8. The van der Waals surface area contributed by atoms with Crippen LogP contribution in [-0.4, -0.2) is 18.0 Å². The molecule has 2 aromatic carbocycles. The number of carbonyl (C=O) groups is 1. The molecule has 0 N–H and O–H groups in total. The fraction of sp³-hybridized carbons (Fsp3) is 0.346. The molecule has 3 rings (SSSR count). The summed E-state index contributed by atoms with van der Waals surface area (Å²) >= 11 is 7.07. The van der Waals surface area contributed by atoms with Crippen molar-refractivity contribution in [3.8, 4) is 11.5 Å². The maximum absolute atomic E-state index is 13.3. The molecule has 1 saturated carbocycles. The van der Waals surface area contributed by atoms with Crippen LogP contribution in [0.25, 0.3) is 12.2 Å². The second-order valence-electron chi connectivity index (χ2n) is 8.22. The van der Waals surface area contributed by atoms with Crippen LogP contribution in [0.15, 0.2) is 56.5 Å². The van der Waals surface area contributed by atoms with Gasteiger partial charge in [0, 0.05) is 31.2 Å². The third kappa shape index (κ3) is 6.56. The number of carbonyl (C=O) groups excluding carboxylic acids is 1. The summed E-state index contributed by atoms with van der Waals surface area (Å²) in [6.45, 7) is 8.00. The summed E-state index contributed by atoms with van der Waals surface area (Å²) in [5.74, 6) is 1.67. The zero-order valence-corrected chi connectivity index (χ0v) is 21.5. The van der Waals surface area contributed by atoms with Crippen molar-refractivity contribution in [2.24, 2.45) is 0 Å². The summed E-state index contributed by atoms with van der Waals surface area (Å²) in [6.07, 6.45) is 6.54. The van der Waals surface area contributed by atoms with Crippen molar-refractivity contribution >= 4 is 49.8 Å². The van der Waals surface area contributed by atoms with E-state index in [9.17, 15) is 4.79 Å². The molecule has 0 bridgehead atoms. The van der Waals surface area contributed by atoms with Gasteiger partial charge in [0.05, 0.1) is 12.2 Å². The van der Waals surface area contributed by atoms with E-state index in [4.69, 9.17) is 9.47 Å². The van der Waals surface area contributed by atoms with Crippen molar-refractivity contribution in [3.05, 3.63) is 67.6 Å². The topological polar surface area (TPSA) is 35.5 Å². The third-order valence-electron chi connectivity index (χ3n) is 4.80. The van der Waals surface area contributed by atoms with Crippen molar-refractivity contribution in [2.45, 2.75) is 59.2 Å². The van der Waals surface area contributed by atoms with E-state index in [-0.39, 0.29) is 18.0 Å². The Hall–Kier alpha value is -1.85. The summed E-state index contributed by atoms with van der Waals surface area (Å²) < 4.78 is 13.8. The molecule has 1 fully saturated rings. The Bertz CT molecular complexity index is 940. The van der Waals surface area contributed by atoms with Crippen molar-refractivity contribution in [2.75, 3.05) is 0 Å². The van der Waals surface area contributed by atoms with Gasteiger partial charge in [0.2, 0.25) is 0 Å². The molecule has 31 heavy (non-hydrogen) atoms. The summed E-state index contributed by atoms with van der Waals surface area (Å²) in [5, 5.41) is 0. The minimum Gasteiger partial charge on any atom is -0.490 e. The number of hydrogen-bond acceptors (Lipinski definition) is 3. The first-order chi connectivity index (χ1) is 14.7. The normalized spacial score (nSPS) is 17.1. The van der Waals surface area contributed by atoms with Gasteiger partial charge in [-0.2, -0.15) is 0 Å². The largest absolute Gasteiger partial charge is 0.490 e. The van der Waals surface area contributed by atoms with Crippen molar-refractivity contribution in [3.63, 3.8) is 0 Å². The minimum atomic E-state index is 0.0618. The predicted molar refractivity (Wildman–Crippen MR) is 135 cm³/mol. The van der Waals surface area contributed by atoms with Gasteiger partial charge in [0.25, 0.3) is 0 Å². The molecule has 0 atom stereocenters. The molecule has 2 aromatic rings. The molecule has 1 aliphatic rings. The lowest BCUT2D eigenvalue weighted by molar-refractivity contribution is -0.112. The quantitative estimate of drug-likeness (QED) is 0.343. The van der Waals surface area contributed by atoms with Gasteiger partial charge in [-0.05, 0) is 95.5 Å². The van der Waals surface area contributed by atoms with Crippen LogP contribution in [-0.2, 0) is 4.79 Å². The van der Waals surface area contributed by atoms with Crippen LogP contribution < -0.4 is 9.47 Å². The lowest BCUT2D eigenvalue weighted by Gasteiger charge is -2.19. The monoisotopic (exact) mass is 546 g/mol. The Balaban J connectivity index is 1.96. The Morgan fingerprint density at radius 3 is 1.58 bits per heavy atom. The molecule has 3 nitrogen and oxygen atoms in total. The number of rotatable bonds is 6. The maximum Gasteiger partial charge on any atom is 0.185 e. The fourth-order valence-corrected chi connectivity index (χ4v) is 4.30. The molecule has 1 aliphatic carbocycles. The molecule has 0 radical (unpaired) electrons. The first-order valence-corrected chi connectivity index (χ1v) is 12.2. The number of ether oxygens (including phenoxy) is 2. The molecule has 0 spiro atoms. The van der Waals surface area contributed by atoms with Crippen LogP contribution in [0.5, 0.6) is 11.5 Å². The summed E-state index contributed by atoms with van der Waals surface area (Å²) in [4.78, 5) is 13.3. The van der Waals surface area contributed by atoms with E-state index in [0.29, 0.717) is 0 Å². The van der Waals surface area contributed by atoms with Crippen LogP contribution in [0.1, 0.15) is 58.1 Å². The van der Waals surface area contributed by atoms with Crippen LogP contribution in [0, 0.1) is 0 Å². The Morgan fingerprint density at radius 2 is 1.19 bits per heavy atom. The smallest absolute Gasteiger partial charge is 0.185 e. The molecule has 0 heterocycles. The van der Waals surface area contributed by atoms with Gasteiger partial charge in [-0.25, -0.2) is 0 Å². The third-order valence-corrected chi connectivity index (χ3v) is 5.79. The van der Waals surface area contributed by atoms with E-state index >= 15 is 0 Å².